The highest BCUT2D eigenvalue weighted by atomic mass is 16.1. The Morgan fingerprint density at radius 3 is 2.76 bits per heavy atom. The van der Waals surface area contributed by atoms with Gasteiger partial charge in [0.15, 0.2) is 0 Å². The number of nitriles is 1. The Hall–Kier alpha value is -3.97. The number of nitrogens with zero attached hydrogens (tertiary/aromatic N) is 7. The number of amides is 1. The molecule has 1 saturated carbocycles. The highest BCUT2D eigenvalue weighted by Crippen LogP contribution is 2.44. The summed E-state index contributed by atoms with van der Waals surface area (Å²) in [4.78, 5) is 24.0. The van der Waals surface area contributed by atoms with Gasteiger partial charge in [-0.05, 0) is 62.7 Å². The summed E-state index contributed by atoms with van der Waals surface area (Å²) in [7, 11) is 1.97. The van der Waals surface area contributed by atoms with E-state index in [9.17, 15) is 10.1 Å². The van der Waals surface area contributed by atoms with E-state index in [1.54, 1.807) is 17.6 Å². The lowest BCUT2D eigenvalue weighted by Crippen LogP contribution is -2.60. The molecule has 4 unspecified atom stereocenters. The summed E-state index contributed by atoms with van der Waals surface area (Å²) in [6.07, 6.45) is 13.3. The van der Waals surface area contributed by atoms with E-state index in [1.807, 2.05) is 30.6 Å². The molecule has 2 aliphatic heterocycles. The van der Waals surface area contributed by atoms with Crippen LogP contribution in [0.2, 0.25) is 0 Å². The lowest BCUT2D eigenvalue weighted by molar-refractivity contribution is -0.121. The average Bonchev–Trinajstić information content (AvgIpc) is 3.48. The molecule has 0 radical (unpaired) electrons. The average molecular weight is 512 g/mol. The molecule has 5 heterocycles. The van der Waals surface area contributed by atoms with Gasteiger partial charge in [0.2, 0.25) is 5.91 Å². The molecule has 196 valence electrons. The molecule has 2 bridgehead atoms. The highest BCUT2D eigenvalue weighted by Gasteiger charge is 2.45. The Morgan fingerprint density at radius 1 is 1.24 bits per heavy atom. The van der Waals surface area contributed by atoms with Crippen molar-refractivity contribution in [2.45, 2.75) is 64.1 Å². The van der Waals surface area contributed by atoms with Crippen molar-refractivity contribution in [3.8, 4) is 17.3 Å². The Bertz CT molecular complexity index is 1470. The second-order valence-electron chi connectivity index (χ2n) is 11.4. The lowest BCUT2D eigenvalue weighted by Gasteiger charge is -2.53. The van der Waals surface area contributed by atoms with Crippen molar-refractivity contribution >= 4 is 22.8 Å². The van der Waals surface area contributed by atoms with Crippen LogP contribution in [0.25, 0.3) is 22.3 Å². The first-order chi connectivity index (χ1) is 18.2. The third-order valence-electron chi connectivity index (χ3n) is 8.20. The molecular weight excluding hydrogens is 478 g/mol. The Kier molecular flexibility index (Phi) is 5.83. The Morgan fingerprint density at radius 2 is 2.08 bits per heavy atom. The zero-order valence-corrected chi connectivity index (χ0v) is 22.3. The number of rotatable bonds is 4. The molecular formula is C28H33N9O. The zero-order chi connectivity index (χ0) is 26.6. The SMILES string of the molecule is CC(=O)NC1(C)CC2CC(C)N(c3cnc(-c4cc(C5=CN(C)NC5)cn5ncc(C#N)c45)cn3)C(C2)C1. The fourth-order valence-corrected chi connectivity index (χ4v) is 6.96. The summed E-state index contributed by atoms with van der Waals surface area (Å²) in [6, 6.07) is 4.97. The van der Waals surface area contributed by atoms with Crippen molar-refractivity contribution in [3.05, 3.63) is 48.2 Å². The first-order valence-electron chi connectivity index (χ1n) is 13.2. The first-order valence-corrected chi connectivity index (χ1v) is 13.2. The second kappa shape index (κ2) is 9.10. The van der Waals surface area contributed by atoms with Gasteiger partial charge in [-0.3, -0.25) is 9.78 Å². The van der Waals surface area contributed by atoms with Crippen molar-refractivity contribution < 1.29 is 4.79 Å². The number of fused-ring (bicyclic) bond motifs is 3. The van der Waals surface area contributed by atoms with E-state index in [-0.39, 0.29) is 11.4 Å². The smallest absolute Gasteiger partial charge is 0.217 e. The monoisotopic (exact) mass is 511 g/mol. The van der Waals surface area contributed by atoms with Crippen molar-refractivity contribution in [1.82, 2.24) is 35.3 Å². The number of piperidine rings is 1. The normalized spacial score (nSPS) is 26.8. The minimum absolute atomic E-state index is 0.0252. The molecule has 2 fully saturated rings. The maximum Gasteiger partial charge on any atom is 0.217 e. The number of hydrogen-bond acceptors (Lipinski definition) is 8. The number of aromatic nitrogens is 4. The summed E-state index contributed by atoms with van der Waals surface area (Å²) in [5, 5.41) is 19.3. The Balaban J connectivity index is 1.36. The van der Waals surface area contributed by atoms with Crippen molar-refractivity contribution in [2.24, 2.45) is 5.92 Å². The van der Waals surface area contributed by atoms with Crippen molar-refractivity contribution in [3.63, 3.8) is 0 Å². The molecule has 1 aliphatic carbocycles. The molecule has 0 aromatic carbocycles. The number of carbonyl (C=O) groups is 1. The largest absolute Gasteiger partial charge is 0.351 e. The molecule has 3 aliphatic rings. The van der Waals surface area contributed by atoms with Gasteiger partial charge >= 0.3 is 0 Å². The number of pyridine rings is 1. The van der Waals surface area contributed by atoms with Crippen LogP contribution in [-0.2, 0) is 4.79 Å². The molecule has 38 heavy (non-hydrogen) atoms. The molecule has 3 aromatic heterocycles. The molecule has 6 rings (SSSR count). The number of nitrogens with one attached hydrogen (secondary N) is 2. The van der Waals surface area contributed by atoms with E-state index >= 15 is 0 Å². The molecule has 1 amide bonds. The fraction of sp³-hybridized carbons (Fsp3) is 0.464. The van der Waals surface area contributed by atoms with Gasteiger partial charge in [0.25, 0.3) is 0 Å². The third-order valence-corrected chi connectivity index (χ3v) is 8.20. The van der Waals surface area contributed by atoms with E-state index in [4.69, 9.17) is 9.97 Å². The molecule has 0 spiro atoms. The van der Waals surface area contributed by atoms with Crippen LogP contribution in [0.4, 0.5) is 5.82 Å². The van der Waals surface area contributed by atoms with Gasteiger partial charge < -0.3 is 15.2 Å². The standard InChI is InChI=1S/C28H33N9O/c1-17-5-19-6-23(9-28(3,8-19)34-18(2)38)37(17)26-14-30-25(13-31-26)24-7-20(22-12-32-35(4)15-22)16-36-27(24)21(10-29)11-33-36/h7,11,13-17,19,23,32H,5-6,8-9,12H2,1-4H3,(H,34,38). The number of hydrazine groups is 1. The maximum atomic E-state index is 11.9. The molecule has 10 heteroatoms. The minimum Gasteiger partial charge on any atom is -0.351 e. The van der Waals surface area contributed by atoms with Gasteiger partial charge in [-0.25, -0.2) is 14.9 Å². The topological polar surface area (TPSA) is 114 Å². The third kappa shape index (κ3) is 4.27. The number of hydrogen-bond donors (Lipinski definition) is 2. The van der Waals surface area contributed by atoms with E-state index in [1.165, 1.54) is 0 Å². The van der Waals surface area contributed by atoms with Gasteiger partial charge in [-0.1, -0.05) is 0 Å². The fourth-order valence-electron chi connectivity index (χ4n) is 6.96. The van der Waals surface area contributed by atoms with E-state index in [2.05, 4.69) is 52.9 Å². The molecule has 1 saturated heterocycles. The molecule has 10 nitrogen and oxygen atoms in total. The van der Waals surface area contributed by atoms with Crippen molar-refractivity contribution in [2.75, 3.05) is 18.5 Å². The number of carbonyl (C=O) groups excluding carboxylic acids is 1. The predicted molar refractivity (Wildman–Crippen MR) is 145 cm³/mol. The predicted octanol–water partition coefficient (Wildman–Crippen LogP) is 3.12. The number of anilines is 1. The van der Waals surface area contributed by atoms with Crippen LogP contribution >= 0.6 is 0 Å². The van der Waals surface area contributed by atoms with Crippen LogP contribution in [0, 0.1) is 17.2 Å². The molecule has 2 N–H and O–H groups in total. The summed E-state index contributed by atoms with van der Waals surface area (Å²) in [5.41, 5.74) is 7.97. The quantitative estimate of drug-likeness (QED) is 0.549. The van der Waals surface area contributed by atoms with Crippen LogP contribution < -0.4 is 15.6 Å². The van der Waals surface area contributed by atoms with Gasteiger partial charge in [0, 0.05) is 56.1 Å². The second-order valence-corrected chi connectivity index (χ2v) is 11.4. The summed E-state index contributed by atoms with van der Waals surface area (Å²) >= 11 is 0. The van der Waals surface area contributed by atoms with Gasteiger partial charge in [0.1, 0.15) is 11.9 Å². The zero-order valence-electron chi connectivity index (χ0n) is 22.3. The molecule has 4 atom stereocenters. The minimum atomic E-state index is -0.204. The van der Waals surface area contributed by atoms with Gasteiger partial charge in [0.05, 0.1) is 35.4 Å². The summed E-state index contributed by atoms with van der Waals surface area (Å²) in [6.45, 7) is 6.74. The Labute approximate surface area is 222 Å². The van der Waals surface area contributed by atoms with Crippen molar-refractivity contribution in [1.29, 1.82) is 5.26 Å². The van der Waals surface area contributed by atoms with Crippen LogP contribution in [0.15, 0.2) is 37.1 Å². The van der Waals surface area contributed by atoms with Crippen LogP contribution in [-0.4, -0.2) is 61.7 Å². The lowest BCUT2D eigenvalue weighted by atomic mass is 9.69. The van der Waals surface area contributed by atoms with E-state index in [0.717, 1.165) is 53.7 Å². The summed E-state index contributed by atoms with van der Waals surface area (Å²) in [5.74, 6) is 1.46. The van der Waals surface area contributed by atoms with E-state index in [0.29, 0.717) is 35.8 Å². The van der Waals surface area contributed by atoms with Gasteiger partial charge in [-0.15, -0.1) is 0 Å². The highest BCUT2D eigenvalue weighted by molar-refractivity contribution is 5.85. The van der Waals surface area contributed by atoms with E-state index < -0.39 is 0 Å². The summed E-state index contributed by atoms with van der Waals surface area (Å²) < 4.78 is 1.76. The van der Waals surface area contributed by atoms with Crippen LogP contribution in [0.1, 0.15) is 57.6 Å². The maximum absolute atomic E-state index is 11.9. The molecule has 3 aromatic rings. The van der Waals surface area contributed by atoms with Crippen LogP contribution in [0.5, 0.6) is 0 Å². The van der Waals surface area contributed by atoms with Gasteiger partial charge in [-0.2, -0.15) is 10.4 Å². The van der Waals surface area contributed by atoms with Crippen LogP contribution in [0.3, 0.4) is 0 Å². The first kappa shape index (κ1) is 24.4.